The van der Waals surface area contributed by atoms with E-state index in [-0.39, 0.29) is 11.8 Å². The van der Waals surface area contributed by atoms with Crippen molar-refractivity contribution in [1.29, 1.82) is 5.26 Å². The summed E-state index contributed by atoms with van der Waals surface area (Å²) in [7, 11) is 0. The highest BCUT2D eigenvalue weighted by Crippen LogP contribution is 2.19. The van der Waals surface area contributed by atoms with Crippen LogP contribution in [0.4, 0.5) is 5.69 Å². The molecule has 0 radical (unpaired) electrons. The number of halogens is 1. The molecule has 3 N–H and O–H groups in total. The molecular weight excluding hydrogens is 238 g/mol. The van der Waals surface area contributed by atoms with Gasteiger partial charge in [-0.2, -0.15) is 5.26 Å². The van der Waals surface area contributed by atoms with Crippen molar-refractivity contribution in [2.75, 3.05) is 5.32 Å². The molecule has 90 valence electrons. The molecule has 0 aliphatic heterocycles. The van der Waals surface area contributed by atoms with Crippen molar-refractivity contribution in [2.24, 2.45) is 11.7 Å². The second kappa shape index (κ2) is 5.67. The number of amides is 1. The Morgan fingerprint density at radius 1 is 1.53 bits per heavy atom. The number of carbonyl (C=O) groups is 1. The van der Waals surface area contributed by atoms with E-state index in [2.05, 4.69) is 5.32 Å². The Morgan fingerprint density at radius 3 is 2.71 bits per heavy atom. The number of benzene rings is 1. The summed E-state index contributed by atoms with van der Waals surface area (Å²) in [6.45, 7) is 3.74. The molecule has 0 spiro atoms. The van der Waals surface area contributed by atoms with Crippen molar-refractivity contribution in [3.05, 3.63) is 28.8 Å². The summed E-state index contributed by atoms with van der Waals surface area (Å²) in [5.41, 5.74) is 6.55. The predicted molar refractivity (Wildman–Crippen MR) is 67.6 cm³/mol. The van der Waals surface area contributed by atoms with Crippen LogP contribution in [0.2, 0.25) is 5.02 Å². The number of hydrogen-bond acceptors (Lipinski definition) is 3. The van der Waals surface area contributed by atoms with Crippen LogP contribution < -0.4 is 11.1 Å². The molecule has 1 rings (SSSR count). The quantitative estimate of drug-likeness (QED) is 0.864. The van der Waals surface area contributed by atoms with Crippen LogP contribution >= 0.6 is 11.6 Å². The first-order chi connectivity index (χ1) is 7.95. The normalized spacial score (nSPS) is 12.0. The lowest BCUT2D eigenvalue weighted by atomic mass is 10.0. The topological polar surface area (TPSA) is 78.9 Å². The Kier molecular flexibility index (Phi) is 4.50. The van der Waals surface area contributed by atoms with E-state index in [1.807, 2.05) is 19.9 Å². The molecule has 0 heterocycles. The summed E-state index contributed by atoms with van der Waals surface area (Å²) in [5, 5.41) is 11.8. The summed E-state index contributed by atoms with van der Waals surface area (Å²) in [6.07, 6.45) is 0. The molecule has 4 nitrogen and oxygen atoms in total. The van der Waals surface area contributed by atoms with Crippen molar-refractivity contribution in [3.63, 3.8) is 0 Å². The van der Waals surface area contributed by atoms with Crippen molar-refractivity contribution in [3.8, 4) is 6.07 Å². The molecule has 1 amide bonds. The Balaban J connectivity index is 2.83. The third-order valence-corrected chi connectivity index (χ3v) is 2.70. The first-order valence-corrected chi connectivity index (χ1v) is 5.59. The van der Waals surface area contributed by atoms with Gasteiger partial charge in [0.15, 0.2) is 0 Å². The first-order valence-electron chi connectivity index (χ1n) is 5.21. The second-order valence-corrected chi connectivity index (χ2v) is 4.47. The second-order valence-electron chi connectivity index (χ2n) is 4.07. The average molecular weight is 252 g/mol. The largest absolute Gasteiger partial charge is 0.325 e. The monoisotopic (exact) mass is 251 g/mol. The first kappa shape index (κ1) is 13.5. The third kappa shape index (κ3) is 3.45. The maximum Gasteiger partial charge on any atom is 0.241 e. The van der Waals surface area contributed by atoms with Gasteiger partial charge in [0.05, 0.1) is 16.6 Å². The molecule has 1 atom stereocenters. The van der Waals surface area contributed by atoms with Crippen LogP contribution in [0, 0.1) is 17.2 Å². The number of nitrogens with one attached hydrogen (secondary N) is 1. The third-order valence-electron chi connectivity index (χ3n) is 2.38. The van der Waals surface area contributed by atoms with E-state index in [0.29, 0.717) is 16.3 Å². The molecule has 5 heteroatoms. The van der Waals surface area contributed by atoms with Crippen molar-refractivity contribution in [2.45, 2.75) is 19.9 Å². The summed E-state index contributed by atoms with van der Waals surface area (Å²) in [5.74, 6) is -0.219. The van der Waals surface area contributed by atoms with Crippen molar-refractivity contribution in [1.82, 2.24) is 0 Å². The Morgan fingerprint density at radius 2 is 2.18 bits per heavy atom. The van der Waals surface area contributed by atoms with Crippen LogP contribution in [0.3, 0.4) is 0 Å². The summed E-state index contributed by atoms with van der Waals surface area (Å²) in [4.78, 5) is 11.7. The van der Waals surface area contributed by atoms with E-state index >= 15 is 0 Å². The fraction of sp³-hybridized carbons (Fsp3) is 0.333. The molecule has 0 aromatic heterocycles. The summed E-state index contributed by atoms with van der Waals surface area (Å²) in [6, 6.07) is 6.09. The average Bonchev–Trinajstić information content (AvgIpc) is 2.30. The standard InChI is InChI=1S/C12H14ClN3O/c1-7(2)11(15)12(17)16-9-3-4-10(13)8(5-9)6-14/h3-5,7,11H,15H2,1-2H3,(H,16,17). The molecule has 0 fully saturated rings. The van der Waals surface area contributed by atoms with Crippen molar-refractivity contribution >= 4 is 23.2 Å². The molecule has 0 saturated heterocycles. The highest BCUT2D eigenvalue weighted by molar-refractivity contribution is 6.31. The molecule has 0 aliphatic rings. The maximum atomic E-state index is 11.7. The van der Waals surface area contributed by atoms with E-state index < -0.39 is 6.04 Å². The van der Waals surface area contributed by atoms with E-state index in [1.165, 1.54) is 6.07 Å². The number of rotatable bonds is 3. The number of nitriles is 1. The van der Waals surface area contributed by atoms with Crippen LogP contribution in [0.1, 0.15) is 19.4 Å². The zero-order chi connectivity index (χ0) is 13.0. The van der Waals surface area contributed by atoms with Crippen LogP contribution in [0.15, 0.2) is 18.2 Å². The Bertz CT molecular complexity index is 465. The minimum atomic E-state index is -0.573. The van der Waals surface area contributed by atoms with Gasteiger partial charge in [-0.05, 0) is 24.1 Å². The summed E-state index contributed by atoms with van der Waals surface area (Å²) < 4.78 is 0. The van der Waals surface area contributed by atoms with E-state index in [1.54, 1.807) is 12.1 Å². The highest BCUT2D eigenvalue weighted by Gasteiger charge is 2.17. The van der Waals surface area contributed by atoms with Crippen LogP contribution in [0.5, 0.6) is 0 Å². The number of carbonyl (C=O) groups excluding carboxylic acids is 1. The van der Waals surface area contributed by atoms with Gasteiger partial charge in [-0.3, -0.25) is 4.79 Å². The molecule has 17 heavy (non-hydrogen) atoms. The van der Waals surface area contributed by atoms with Gasteiger partial charge in [0.1, 0.15) is 6.07 Å². The number of nitrogens with zero attached hydrogens (tertiary/aromatic N) is 1. The molecule has 0 bridgehead atoms. The highest BCUT2D eigenvalue weighted by atomic mass is 35.5. The SMILES string of the molecule is CC(C)C(N)C(=O)Nc1ccc(Cl)c(C#N)c1. The zero-order valence-electron chi connectivity index (χ0n) is 9.70. The van der Waals surface area contributed by atoms with E-state index in [0.717, 1.165) is 0 Å². The van der Waals surface area contributed by atoms with Gasteiger partial charge in [0, 0.05) is 5.69 Å². The van der Waals surface area contributed by atoms with Crippen LogP contribution in [0.25, 0.3) is 0 Å². The molecule has 1 aromatic rings. The number of nitrogens with two attached hydrogens (primary N) is 1. The van der Waals surface area contributed by atoms with Crippen LogP contribution in [-0.2, 0) is 4.79 Å². The minimum Gasteiger partial charge on any atom is -0.325 e. The fourth-order valence-corrected chi connectivity index (χ4v) is 1.38. The van der Waals surface area contributed by atoms with Gasteiger partial charge in [-0.25, -0.2) is 0 Å². The minimum absolute atomic E-state index is 0.0535. The van der Waals surface area contributed by atoms with Crippen LogP contribution in [-0.4, -0.2) is 11.9 Å². The number of hydrogen-bond donors (Lipinski definition) is 2. The lowest BCUT2D eigenvalue weighted by Gasteiger charge is -2.15. The molecule has 0 saturated carbocycles. The van der Waals surface area contributed by atoms with Gasteiger partial charge in [-0.1, -0.05) is 25.4 Å². The van der Waals surface area contributed by atoms with Gasteiger partial charge in [0.2, 0.25) is 5.91 Å². The van der Waals surface area contributed by atoms with E-state index in [4.69, 9.17) is 22.6 Å². The molecular formula is C12H14ClN3O. The Labute approximate surface area is 105 Å². The Hall–Kier alpha value is -1.57. The van der Waals surface area contributed by atoms with E-state index in [9.17, 15) is 4.79 Å². The van der Waals surface area contributed by atoms with Gasteiger partial charge in [0.25, 0.3) is 0 Å². The molecule has 1 unspecified atom stereocenters. The zero-order valence-corrected chi connectivity index (χ0v) is 10.5. The smallest absolute Gasteiger partial charge is 0.241 e. The van der Waals surface area contributed by atoms with Gasteiger partial charge < -0.3 is 11.1 Å². The maximum absolute atomic E-state index is 11.7. The molecule has 0 aliphatic carbocycles. The summed E-state index contributed by atoms with van der Waals surface area (Å²) >= 11 is 5.79. The lowest BCUT2D eigenvalue weighted by Crippen LogP contribution is -2.39. The van der Waals surface area contributed by atoms with Gasteiger partial charge in [-0.15, -0.1) is 0 Å². The predicted octanol–water partition coefficient (Wildman–Crippen LogP) is 2.13. The number of anilines is 1. The fourth-order valence-electron chi connectivity index (χ4n) is 1.22. The van der Waals surface area contributed by atoms with Crippen molar-refractivity contribution < 1.29 is 4.79 Å². The lowest BCUT2D eigenvalue weighted by molar-refractivity contribution is -0.118. The molecule has 1 aromatic carbocycles. The van der Waals surface area contributed by atoms with Gasteiger partial charge >= 0.3 is 0 Å².